The van der Waals surface area contributed by atoms with Gasteiger partial charge < -0.3 is 0 Å². The van der Waals surface area contributed by atoms with Crippen LogP contribution in [0, 0.1) is 0 Å². The summed E-state index contributed by atoms with van der Waals surface area (Å²) in [6.45, 7) is 0.383. The van der Waals surface area contributed by atoms with Gasteiger partial charge in [-0.1, -0.05) is 30.3 Å². The molecule has 0 amide bonds. The average molecular weight is 299 g/mol. The number of benzene rings is 2. The molecule has 1 atom stereocenters. The van der Waals surface area contributed by atoms with Gasteiger partial charge >= 0.3 is 6.18 Å². The van der Waals surface area contributed by atoms with E-state index in [1.165, 1.54) is 12.1 Å². The summed E-state index contributed by atoms with van der Waals surface area (Å²) < 4.78 is 51.9. The highest BCUT2D eigenvalue weighted by Gasteiger charge is 2.30. The van der Waals surface area contributed by atoms with E-state index in [1.54, 1.807) is 0 Å². The zero-order chi connectivity index (χ0) is 14.6. The lowest BCUT2D eigenvalue weighted by atomic mass is 10.2. The Bertz CT molecular complexity index is 582. The molecule has 0 saturated carbocycles. The minimum atomic E-state index is -4.38. The van der Waals surface area contributed by atoms with E-state index < -0.39 is 22.7 Å². The molecule has 0 fully saturated rings. The Hall–Kier alpha value is -1.66. The number of hydrogen-bond donors (Lipinski definition) is 1. The highest BCUT2D eigenvalue weighted by Crippen LogP contribution is 2.29. The summed E-state index contributed by atoms with van der Waals surface area (Å²) in [5.41, 5.74) is 0.203. The van der Waals surface area contributed by atoms with E-state index >= 15 is 0 Å². The van der Waals surface area contributed by atoms with Gasteiger partial charge in [0.15, 0.2) is 0 Å². The van der Waals surface area contributed by atoms with Gasteiger partial charge in [-0.3, -0.25) is 0 Å². The molecule has 106 valence electrons. The Morgan fingerprint density at radius 2 is 1.55 bits per heavy atom. The monoisotopic (exact) mass is 299 g/mol. The Morgan fingerprint density at radius 3 is 2.10 bits per heavy atom. The van der Waals surface area contributed by atoms with Gasteiger partial charge in [-0.25, -0.2) is 8.93 Å². The van der Waals surface area contributed by atoms with Crippen LogP contribution < -0.4 is 4.72 Å². The summed E-state index contributed by atoms with van der Waals surface area (Å²) in [5.74, 6) is 0. The SMILES string of the molecule is O=S(NCc1ccccc1)c1ccc(C(F)(F)F)cc1. The van der Waals surface area contributed by atoms with Gasteiger partial charge in [-0.05, 0) is 29.8 Å². The standard InChI is InChI=1S/C14H12F3NOS/c15-14(16,17)12-6-8-13(9-7-12)20(19)18-10-11-4-2-1-3-5-11/h1-9,18H,10H2. The van der Waals surface area contributed by atoms with Crippen LogP contribution in [-0.4, -0.2) is 4.21 Å². The van der Waals surface area contributed by atoms with Crippen LogP contribution in [-0.2, 0) is 23.7 Å². The Kier molecular flexibility index (Phi) is 4.57. The predicted molar refractivity (Wildman–Crippen MR) is 71.1 cm³/mol. The molecule has 0 bridgehead atoms. The van der Waals surface area contributed by atoms with Crippen molar-refractivity contribution < 1.29 is 17.4 Å². The van der Waals surface area contributed by atoms with Crippen molar-refractivity contribution in [2.75, 3.05) is 0 Å². The topological polar surface area (TPSA) is 29.1 Å². The summed E-state index contributed by atoms with van der Waals surface area (Å²) in [7, 11) is -1.54. The van der Waals surface area contributed by atoms with Crippen molar-refractivity contribution >= 4 is 11.0 Å². The molecule has 0 aromatic heterocycles. The number of halogens is 3. The summed E-state index contributed by atoms with van der Waals surface area (Å²) in [6, 6.07) is 13.6. The van der Waals surface area contributed by atoms with Crippen LogP contribution >= 0.6 is 0 Å². The van der Waals surface area contributed by atoms with Crippen LogP contribution in [0.25, 0.3) is 0 Å². The van der Waals surface area contributed by atoms with Gasteiger partial charge in [0.05, 0.1) is 10.5 Å². The molecule has 2 rings (SSSR count). The summed E-state index contributed by atoms with van der Waals surface area (Å²) in [6.07, 6.45) is -4.38. The lowest BCUT2D eigenvalue weighted by Gasteiger charge is -2.08. The minimum Gasteiger partial charge on any atom is -0.237 e. The molecule has 0 aliphatic rings. The second-order valence-electron chi connectivity index (χ2n) is 4.10. The van der Waals surface area contributed by atoms with E-state index in [4.69, 9.17) is 0 Å². The first-order valence-electron chi connectivity index (χ1n) is 5.83. The van der Waals surface area contributed by atoms with Crippen molar-refractivity contribution in [2.45, 2.75) is 17.6 Å². The van der Waals surface area contributed by atoms with Crippen molar-refractivity contribution in [3.05, 3.63) is 65.7 Å². The molecule has 0 aliphatic carbocycles. The summed E-state index contributed by atoms with van der Waals surface area (Å²) >= 11 is 0. The fourth-order valence-corrected chi connectivity index (χ4v) is 2.44. The fraction of sp³-hybridized carbons (Fsp3) is 0.143. The van der Waals surface area contributed by atoms with Crippen molar-refractivity contribution in [1.82, 2.24) is 4.72 Å². The Morgan fingerprint density at radius 1 is 0.950 bits per heavy atom. The van der Waals surface area contributed by atoms with Crippen LogP contribution in [0.1, 0.15) is 11.1 Å². The molecule has 20 heavy (non-hydrogen) atoms. The van der Waals surface area contributed by atoms with Gasteiger partial charge in [0.2, 0.25) is 0 Å². The molecule has 0 aliphatic heterocycles. The van der Waals surface area contributed by atoms with Crippen LogP contribution in [0.2, 0.25) is 0 Å². The van der Waals surface area contributed by atoms with Crippen molar-refractivity contribution in [1.29, 1.82) is 0 Å². The van der Waals surface area contributed by atoms with Crippen LogP contribution in [0.5, 0.6) is 0 Å². The molecular weight excluding hydrogens is 287 g/mol. The molecule has 0 spiro atoms. The van der Waals surface area contributed by atoms with Gasteiger partial charge in [0.25, 0.3) is 0 Å². The molecular formula is C14H12F3NOS. The maximum absolute atomic E-state index is 12.4. The predicted octanol–water partition coefficient (Wildman–Crippen LogP) is 3.52. The zero-order valence-corrected chi connectivity index (χ0v) is 11.2. The molecule has 0 heterocycles. The van der Waals surface area contributed by atoms with E-state index in [0.717, 1.165) is 17.7 Å². The quantitative estimate of drug-likeness (QED) is 0.919. The van der Waals surface area contributed by atoms with E-state index in [1.807, 2.05) is 30.3 Å². The van der Waals surface area contributed by atoms with Crippen LogP contribution in [0.15, 0.2) is 59.5 Å². The second kappa shape index (κ2) is 6.19. The molecule has 2 nitrogen and oxygen atoms in total. The first-order chi connectivity index (χ1) is 9.47. The summed E-state index contributed by atoms with van der Waals surface area (Å²) in [4.78, 5) is 0.314. The minimum absolute atomic E-state index is 0.314. The molecule has 2 aromatic rings. The fourth-order valence-electron chi connectivity index (χ4n) is 1.60. The second-order valence-corrected chi connectivity index (χ2v) is 5.40. The first-order valence-corrected chi connectivity index (χ1v) is 6.98. The van der Waals surface area contributed by atoms with Crippen LogP contribution in [0.3, 0.4) is 0 Å². The highest BCUT2D eigenvalue weighted by atomic mass is 32.2. The van der Waals surface area contributed by atoms with E-state index in [9.17, 15) is 17.4 Å². The van der Waals surface area contributed by atoms with Gasteiger partial charge in [0.1, 0.15) is 11.0 Å². The largest absolute Gasteiger partial charge is 0.416 e. The third-order valence-electron chi connectivity index (χ3n) is 2.65. The summed E-state index contributed by atoms with van der Waals surface area (Å²) in [5, 5.41) is 0. The third-order valence-corrected chi connectivity index (χ3v) is 3.75. The van der Waals surface area contributed by atoms with Crippen molar-refractivity contribution in [3.63, 3.8) is 0 Å². The molecule has 0 radical (unpaired) electrons. The molecule has 1 N–H and O–H groups in total. The lowest BCUT2D eigenvalue weighted by molar-refractivity contribution is -0.137. The van der Waals surface area contributed by atoms with Crippen molar-refractivity contribution in [2.24, 2.45) is 0 Å². The number of alkyl halides is 3. The maximum Gasteiger partial charge on any atom is 0.416 e. The normalized spacial score (nSPS) is 13.2. The molecule has 0 saturated heterocycles. The number of nitrogens with one attached hydrogen (secondary N) is 1. The van der Waals surface area contributed by atoms with Gasteiger partial charge in [-0.2, -0.15) is 13.2 Å². The van der Waals surface area contributed by atoms with Gasteiger partial charge in [0, 0.05) is 6.54 Å². The first kappa shape index (κ1) is 14.7. The van der Waals surface area contributed by atoms with Crippen molar-refractivity contribution in [3.8, 4) is 0 Å². The highest BCUT2D eigenvalue weighted by molar-refractivity contribution is 7.83. The third kappa shape index (κ3) is 3.91. The van der Waals surface area contributed by atoms with Gasteiger partial charge in [-0.15, -0.1) is 0 Å². The smallest absolute Gasteiger partial charge is 0.237 e. The maximum atomic E-state index is 12.4. The average Bonchev–Trinajstić information content (AvgIpc) is 2.45. The lowest BCUT2D eigenvalue weighted by Crippen LogP contribution is -2.17. The number of rotatable bonds is 4. The van der Waals surface area contributed by atoms with Crippen LogP contribution in [0.4, 0.5) is 13.2 Å². The molecule has 2 aromatic carbocycles. The number of hydrogen-bond acceptors (Lipinski definition) is 1. The zero-order valence-electron chi connectivity index (χ0n) is 10.4. The Balaban J connectivity index is 1.99. The van der Waals surface area contributed by atoms with E-state index in [0.29, 0.717) is 11.4 Å². The molecule has 6 heteroatoms. The molecule has 1 unspecified atom stereocenters. The Labute approximate surface area is 117 Å². The van der Waals surface area contributed by atoms with E-state index in [2.05, 4.69) is 4.72 Å². The van der Waals surface area contributed by atoms with E-state index in [-0.39, 0.29) is 0 Å².